The van der Waals surface area contributed by atoms with Gasteiger partial charge in [-0.25, -0.2) is 0 Å². The van der Waals surface area contributed by atoms with E-state index in [0.29, 0.717) is 6.61 Å². The molecule has 0 fully saturated rings. The topological polar surface area (TPSA) is 81.6 Å². The molecule has 0 rings (SSSR count). The molecule has 2 atom stereocenters. The fourth-order valence-corrected chi connectivity index (χ4v) is 9.80. The number of ether oxygens (including phenoxy) is 1. The smallest absolute Gasteiger partial charge is 0.326 e. The maximum absolute atomic E-state index is 14.9. The second-order valence-electron chi connectivity index (χ2n) is 19.6. The predicted octanol–water partition coefficient (Wildman–Crippen LogP) is 17.8. The van der Waals surface area contributed by atoms with Gasteiger partial charge in [0.2, 0.25) is 0 Å². The van der Waals surface area contributed by atoms with E-state index in [0.717, 1.165) is 64.2 Å². The molecule has 0 amide bonds. The molecule has 0 aliphatic carbocycles. The molecule has 0 aromatic heterocycles. The van der Waals surface area contributed by atoms with E-state index in [9.17, 15) is 4.79 Å². The van der Waals surface area contributed by atoms with Crippen LogP contribution in [0.3, 0.4) is 0 Å². The molecule has 0 bridgehead atoms. The highest BCUT2D eigenvalue weighted by Crippen LogP contribution is 2.38. The molecule has 0 aromatic carbocycles. The van der Waals surface area contributed by atoms with Gasteiger partial charge in [-0.1, -0.05) is 278 Å². The van der Waals surface area contributed by atoms with Crippen LogP contribution in [0.2, 0.25) is 0 Å². The summed E-state index contributed by atoms with van der Waals surface area (Å²) in [4.78, 5) is 17.2. The Hall–Kier alpha value is -0.360. The van der Waals surface area contributed by atoms with E-state index >= 15 is 0 Å². The summed E-state index contributed by atoms with van der Waals surface area (Å²) in [5.74, 6) is -0.0441. The van der Waals surface area contributed by atoms with Gasteiger partial charge in [-0.05, 0) is 39.5 Å². The van der Waals surface area contributed by atoms with Gasteiger partial charge < -0.3 is 16.2 Å². The van der Waals surface area contributed by atoms with E-state index in [2.05, 4.69) is 46.4 Å². The summed E-state index contributed by atoms with van der Waals surface area (Å²) >= 11 is 0. The first-order valence-electron chi connectivity index (χ1n) is 27.2. The van der Waals surface area contributed by atoms with Crippen molar-refractivity contribution < 1.29 is 9.53 Å². The third kappa shape index (κ3) is 34.1. The Kier molecular flexibility index (Phi) is 46.5. The summed E-state index contributed by atoms with van der Waals surface area (Å²) in [5, 5.41) is 0. The van der Waals surface area contributed by atoms with Crippen LogP contribution in [0.4, 0.5) is 0 Å². The number of nitrogens with two attached hydrogens (primary N) is 2. The second kappa shape index (κ2) is 45.2. The van der Waals surface area contributed by atoms with Gasteiger partial charge in [-0.15, -0.1) is 12.4 Å². The van der Waals surface area contributed by atoms with Gasteiger partial charge in [0.15, 0.2) is 0 Å². The van der Waals surface area contributed by atoms with E-state index in [4.69, 9.17) is 16.2 Å². The summed E-state index contributed by atoms with van der Waals surface area (Å²) in [6, 6.07) is 0. The number of rotatable bonds is 48. The average Bonchev–Trinajstić information content (AvgIpc) is 3.21. The highest BCUT2D eigenvalue weighted by molar-refractivity contribution is 5.85. The van der Waals surface area contributed by atoms with Crippen LogP contribution >= 0.6 is 12.4 Å². The third-order valence-electron chi connectivity index (χ3n) is 13.5. The fraction of sp³-hybridized carbons (Fsp3) is 0.981. The molecule has 0 heterocycles. The Morgan fingerprint density at radius 3 is 0.933 bits per heavy atom. The number of hydrogen-bond acceptors (Lipinski definition) is 5. The van der Waals surface area contributed by atoms with Gasteiger partial charge in [-0.2, -0.15) is 0 Å². The first-order chi connectivity index (χ1) is 28.7. The van der Waals surface area contributed by atoms with Crippen LogP contribution in [0, 0.1) is 0 Å². The van der Waals surface area contributed by atoms with Crippen molar-refractivity contribution in [1.82, 2.24) is 4.90 Å². The number of carbonyl (C=O) groups is 1. The van der Waals surface area contributed by atoms with E-state index in [-0.39, 0.29) is 24.5 Å². The van der Waals surface area contributed by atoms with Gasteiger partial charge in [0, 0.05) is 0 Å². The Balaban J connectivity index is 0. The van der Waals surface area contributed by atoms with Crippen molar-refractivity contribution >= 4 is 18.4 Å². The molecule has 6 heteroatoms. The zero-order chi connectivity index (χ0) is 43.6. The number of nitrogens with zero attached hydrogens (tertiary/aromatic N) is 1. The Morgan fingerprint density at radius 2 is 0.667 bits per heavy atom. The monoisotopic (exact) mass is 870 g/mol. The molecule has 0 radical (unpaired) electrons. The SMILES string of the molecule is CCCCCCCCCCCCOC(=O)C(CCCCCCCCCCCC)(CCCCCCCCCCCC)N(C(C)N)C(C)(N)CCCCCCCCCCCC.Cl. The molecule has 0 aromatic rings. The van der Waals surface area contributed by atoms with Gasteiger partial charge in [0.05, 0.1) is 18.4 Å². The highest BCUT2D eigenvalue weighted by atomic mass is 35.5. The van der Waals surface area contributed by atoms with Crippen molar-refractivity contribution in [3.63, 3.8) is 0 Å². The quantitative estimate of drug-likeness (QED) is 0.0362. The molecule has 5 nitrogen and oxygen atoms in total. The Labute approximate surface area is 384 Å². The second-order valence-corrected chi connectivity index (χ2v) is 19.6. The van der Waals surface area contributed by atoms with Crippen LogP contribution in [0.15, 0.2) is 0 Å². The highest BCUT2D eigenvalue weighted by Gasteiger charge is 2.51. The molecular weight excluding hydrogens is 758 g/mol. The normalized spacial score (nSPS) is 13.4. The first-order valence-corrected chi connectivity index (χ1v) is 27.2. The number of carbonyl (C=O) groups excluding carboxylic acids is 1. The summed E-state index contributed by atoms with van der Waals surface area (Å²) in [5.41, 5.74) is 13.0. The molecule has 0 saturated heterocycles. The van der Waals surface area contributed by atoms with Crippen LogP contribution in [0.25, 0.3) is 0 Å². The molecule has 4 N–H and O–H groups in total. The fourth-order valence-electron chi connectivity index (χ4n) is 9.80. The van der Waals surface area contributed by atoms with Crippen molar-refractivity contribution in [1.29, 1.82) is 0 Å². The zero-order valence-electron chi connectivity index (χ0n) is 42.0. The van der Waals surface area contributed by atoms with Gasteiger partial charge in [-0.3, -0.25) is 9.69 Å². The minimum Gasteiger partial charge on any atom is -0.464 e. The van der Waals surface area contributed by atoms with Crippen molar-refractivity contribution in [2.45, 2.75) is 335 Å². The number of halogens is 1. The zero-order valence-corrected chi connectivity index (χ0v) is 42.8. The predicted molar refractivity (Wildman–Crippen MR) is 270 cm³/mol. The molecule has 60 heavy (non-hydrogen) atoms. The standard InChI is InChI=1S/C54H111N3O2.ClH/c1-7-11-15-19-23-27-31-35-39-43-47-53(6,56)57(51(5)55)54(48-44-40-36-32-28-24-20-16-12-8-2,49-45-41-37-33-29-25-21-17-13-9-3)52(58)59-50-46-42-38-34-30-26-22-18-14-10-4;/h51H,7-50,55-56H2,1-6H3;1H. The van der Waals surface area contributed by atoms with Crippen LogP contribution < -0.4 is 11.5 Å². The van der Waals surface area contributed by atoms with Crippen molar-refractivity contribution in [3.05, 3.63) is 0 Å². The molecule has 2 unspecified atom stereocenters. The molecule has 0 spiro atoms. The van der Waals surface area contributed by atoms with Crippen molar-refractivity contribution in [2.75, 3.05) is 6.61 Å². The van der Waals surface area contributed by atoms with Crippen LogP contribution in [-0.2, 0) is 9.53 Å². The van der Waals surface area contributed by atoms with Crippen molar-refractivity contribution in [3.8, 4) is 0 Å². The summed E-state index contributed by atoms with van der Waals surface area (Å²) in [6.45, 7) is 13.9. The lowest BCUT2D eigenvalue weighted by Crippen LogP contribution is -2.71. The van der Waals surface area contributed by atoms with Gasteiger partial charge in [0.25, 0.3) is 0 Å². The molecular formula is C54H112ClN3O2. The van der Waals surface area contributed by atoms with Crippen molar-refractivity contribution in [2.24, 2.45) is 11.5 Å². The Morgan fingerprint density at radius 1 is 0.433 bits per heavy atom. The maximum atomic E-state index is 14.9. The van der Waals surface area contributed by atoms with Crippen LogP contribution in [0.1, 0.15) is 318 Å². The van der Waals surface area contributed by atoms with Gasteiger partial charge in [0.1, 0.15) is 5.54 Å². The Bertz CT molecular complexity index is 844. The number of esters is 1. The molecule has 0 aliphatic rings. The largest absolute Gasteiger partial charge is 0.464 e. The number of hydrogen-bond donors (Lipinski definition) is 2. The molecule has 362 valence electrons. The van der Waals surface area contributed by atoms with Crippen LogP contribution in [0.5, 0.6) is 0 Å². The number of unbranched alkanes of at least 4 members (excludes halogenated alkanes) is 36. The van der Waals surface area contributed by atoms with E-state index < -0.39 is 11.2 Å². The third-order valence-corrected chi connectivity index (χ3v) is 13.5. The summed E-state index contributed by atoms with van der Waals surface area (Å²) in [7, 11) is 0. The maximum Gasteiger partial charge on any atom is 0.326 e. The van der Waals surface area contributed by atoms with E-state index in [1.807, 2.05) is 0 Å². The van der Waals surface area contributed by atoms with Gasteiger partial charge >= 0.3 is 5.97 Å². The minimum absolute atomic E-state index is 0. The first kappa shape index (κ1) is 61.7. The molecule has 0 saturated carbocycles. The summed E-state index contributed by atoms with van der Waals surface area (Å²) in [6.07, 6.45) is 53.6. The lowest BCUT2D eigenvalue weighted by molar-refractivity contribution is -0.170. The average molecular weight is 871 g/mol. The van der Waals surface area contributed by atoms with Crippen LogP contribution in [-0.4, -0.2) is 34.8 Å². The van der Waals surface area contributed by atoms with E-state index in [1.165, 1.54) is 212 Å². The lowest BCUT2D eigenvalue weighted by Gasteiger charge is -2.52. The summed E-state index contributed by atoms with van der Waals surface area (Å²) < 4.78 is 6.40. The van der Waals surface area contributed by atoms with E-state index in [1.54, 1.807) is 0 Å². The lowest BCUT2D eigenvalue weighted by atomic mass is 9.81. The minimum atomic E-state index is -0.783. The molecule has 0 aliphatic heterocycles.